The summed E-state index contributed by atoms with van der Waals surface area (Å²) in [5.41, 5.74) is 6.53. The fraction of sp³-hybridized carbons (Fsp3) is 0.413. The highest BCUT2D eigenvalue weighted by Crippen LogP contribution is 2.44. The van der Waals surface area contributed by atoms with Gasteiger partial charge < -0.3 is 24.4 Å². The third-order valence-electron chi connectivity index (χ3n) is 12.7. The number of Topliss-reactive ketones (excluding diaryl/α,β-unsaturated/α-hetero) is 1. The van der Waals surface area contributed by atoms with Gasteiger partial charge in [-0.2, -0.15) is 10.2 Å². The molecule has 2 saturated heterocycles. The van der Waals surface area contributed by atoms with E-state index in [0.29, 0.717) is 86.4 Å². The highest BCUT2D eigenvalue weighted by Gasteiger charge is 2.33. The molecule has 0 amide bonds. The molecular weight excluding hydrogens is 799 g/mol. The molecule has 2 aliphatic carbocycles. The molecule has 4 fully saturated rings. The molecule has 62 heavy (non-hydrogen) atoms. The van der Waals surface area contributed by atoms with Crippen LogP contribution in [-0.4, -0.2) is 98.9 Å². The number of aromatic nitrogens is 6. The van der Waals surface area contributed by atoms with Gasteiger partial charge in [0.2, 0.25) is 0 Å². The molecule has 6 heterocycles. The molecule has 2 aromatic carbocycles. The number of pyridine rings is 2. The largest absolute Gasteiger partial charge is 0.464 e. The molecule has 0 radical (unpaired) electrons. The average molecular weight is 847 g/mol. The SMILES string of the molecule is COC(=O)c1cc(N2CCC(=O)CC2)c2c(C3CCC3)nn(-c3ccc(F)cc3)c2n1.COC(=O)c1cc(N2CCC(O)CC2)c2c(C3CCC3)nn(-c3ccc(F)cc3)c2n1. The third-order valence-corrected chi connectivity index (χ3v) is 12.7. The maximum atomic E-state index is 13.5. The topological polar surface area (TPSA) is 158 Å². The number of aliphatic hydroxyl groups is 1. The van der Waals surface area contributed by atoms with Crippen molar-refractivity contribution in [2.45, 2.75) is 82.1 Å². The lowest BCUT2D eigenvalue weighted by Crippen LogP contribution is -2.36. The molecule has 10 rings (SSSR count). The van der Waals surface area contributed by atoms with Crippen molar-refractivity contribution < 1.29 is 37.7 Å². The van der Waals surface area contributed by atoms with Crippen LogP contribution in [0.5, 0.6) is 0 Å². The molecule has 2 aliphatic heterocycles. The van der Waals surface area contributed by atoms with E-state index in [0.717, 1.165) is 72.1 Å². The molecule has 14 nitrogen and oxygen atoms in total. The van der Waals surface area contributed by atoms with Gasteiger partial charge in [-0.3, -0.25) is 4.79 Å². The third kappa shape index (κ3) is 7.87. The minimum Gasteiger partial charge on any atom is -0.464 e. The summed E-state index contributed by atoms with van der Waals surface area (Å²) in [6.45, 7) is 2.55. The van der Waals surface area contributed by atoms with E-state index in [1.807, 2.05) is 0 Å². The molecule has 2 saturated carbocycles. The summed E-state index contributed by atoms with van der Waals surface area (Å²) in [5.74, 6) is -0.803. The molecule has 0 atom stereocenters. The average Bonchev–Trinajstić information content (AvgIpc) is 3.81. The van der Waals surface area contributed by atoms with Gasteiger partial charge in [0.1, 0.15) is 17.4 Å². The van der Waals surface area contributed by atoms with Crippen LogP contribution in [0.25, 0.3) is 33.4 Å². The van der Waals surface area contributed by atoms with Crippen molar-refractivity contribution in [3.63, 3.8) is 0 Å². The van der Waals surface area contributed by atoms with Gasteiger partial charge in [0.25, 0.3) is 0 Å². The van der Waals surface area contributed by atoms with E-state index in [2.05, 4.69) is 19.8 Å². The first-order valence-electron chi connectivity index (χ1n) is 21.4. The van der Waals surface area contributed by atoms with Crippen LogP contribution in [0.15, 0.2) is 60.7 Å². The fourth-order valence-electron chi connectivity index (χ4n) is 8.73. The zero-order valence-corrected chi connectivity index (χ0v) is 34.7. The summed E-state index contributed by atoms with van der Waals surface area (Å²) < 4.78 is 40.3. The van der Waals surface area contributed by atoms with Crippen LogP contribution in [0.3, 0.4) is 0 Å². The number of nitrogens with zero attached hydrogens (tertiary/aromatic N) is 8. The molecule has 322 valence electrons. The van der Waals surface area contributed by atoms with Crippen LogP contribution in [0, 0.1) is 11.6 Å². The predicted molar refractivity (Wildman–Crippen MR) is 227 cm³/mol. The second kappa shape index (κ2) is 17.2. The Labute approximate surface area is 356 Å². The van der Waals surface area contributed by atoms with Gasteiger partial charge in [-0.25, -0.2) is 37.7 Å². The maximum absolute atomic E-state index is 13.5. The van der Waals surface area contributed by atoms with Crippen LogP contribution >= 0.6 is 0 Å². The van der Waals surface area contributed by atoms with Gasteiger partial charge in [-0.1, -0.05) is 12.8 Å². The number of carbonyl (C=O) groups is 3. The molecular formula is C46H48F2N8O6. The van der Waals surface area contributed by atoms with Crippen LogP contribution in [0.4, 0.5) is 20.2 Å². The van der Waals surface area contributed by atoms with Crippen LogP contribution < -0.4 is 9.80 Å². The first-order chi connectivity index (χ1) is 30.1. The van der Waals surface area contributed by atoms with E-state index in [1.54, 1.807) is 45.8 Å². The van der Waals surface area contributed by atoms with E-state index in [9.17, 15) is 28.3 Å². The first-order valence-corrected chi connectivity index (χ1v) is 21.4. The number of anilines is 2. The fourth-order valence-corrected chi connectivity index (χ4v) is 8.73. The Balaban J connectivity index is 0.000000158. The standard InChI is InChI=1S/C23H25FN4O3.C23H23FN4O3/c2*1-31-23(30)18-13-19(27-11-9-17(29)10-12-27)20-21(14-3-2-4-14)26-28(22(20)25-18)16-7-5-15(24)6-8-16/h5-8,13-14,17,29H,2-4,9-12H2,1H3;5-8,13-14H,2-4,9-12H2,1H3. The zero-order chi connectivity index (χ0) is 43.1. The van der Waals surface area contributed by atoms with Gasteiger partial charge in [-0.05, 0) is 99.2 Å². The summed E-state index contributed by atoms with van der Waals surface area (Å²) in [6, 6.07) is 15.7. The van der Waals surface area contributed by atoms with Crippen molar-refractivity contribution in [1.82, 2.24) is 29.5 Å². The normalized spacial score (nSPS) is 17.4. The van der Waals surface area contributed by atoms with Crippen molar-refractivity contribution in [2.75, 3.05) is 50.2 Å². The van der Waals surface area contributed by atoms with Gasteiger partial charge in [0, 0.05) is 50.9 Å². The Kier molecular flexibility index (Phi) is 11.4. The zero-order valence-electron chi connectivity index (χ0n) is 34.7. The maximum Gasteiger partial charge on any atom is 0.356 e. The number of piperidine rings is 2. The molecule has 0 unspecified atom stereocenters. The van der Waals surface area contributed by atoms with Crippen molar-refractivity contribution in [2.24, 2.45) is 0 Å². The van der Waals surface area contributed by atoms with Gasteiger partial charge in [0.15, 0.2) is 22.7 Å². The number of fused-ring (bicyclic) bond motifs is 2. The molecule has 4 aromatic heterocycles. The van der Waals surface area contributed by atoms with Crippen molar-refractivity contribution >= 4 is 51.2 Å². The second-order valence-electron chi connectivity index (χ2n) is 16.5. The summed E-state index contributed by atoms with van der Waals surface area (Å²) in [6.07, 6.45) is 8.51. The van der Waals surface area contributed by atoms with Crippen LogP contribution in [0.1, 0.15) is 108 Å². The Morgan fingerprint density at radius 2 is 1.03 bits per heavy atom. The lowest BCUT2D eigenvalue weighted by Gasteiger charge is -2.33. The molecule has 6 aromatic rings. The summed E-state index contributed by atoms with van der Waals surface area (Å²) >= 11 is 0. The highest BCUT2D eigenvalue weighted by molar-refractivity contribution is 6.00. The number of carbonyl (C=O) groups excluding carboxylic acids is 3. The number of ketones is 1. The monoisotopic (exact) mass is 846 g/mol. The first kappa shape index (κ1) is 41.1. The number of benzene rings is 2. The minimum atomic E-state index is -0.534. The number of hydrogen-bond acceptors (Lipinski definition) is 12. The predicted octanol–water partition coefficient (Wildman–Crippen LogP) is 7.36. The van der Waals surface area contributed by atoms with E-state index in [1.165, 1.54) is 38.5 Å². The van der Waals surface area contributed by atoms with Crippen molar-refractivity contribution in [3.8, 4) is 11.4 Å². The van der Waals surface area contributed by atoms with Crippen molar-refractivity contribution in [3.05, 3.63) is 95.1 Å². The van der Waals surface area contributed by atoms with Crippen molar-refractivity contribution in [1.29, 1.82) is 0 Å². The van der Waals surface area contributed by atoms with E-state index in [-0.39, 0.29) is 34.9 Å². The number of aliphatic hydroxyl groups excluding tert-OH is 1. The number of methoxy groups -OCH3 is 2. The van der Waals surface area contributed by atoms with E-state index in [4.69, 9.17) is 19.7 Å². The number of rotatable bonds is 8. The molecule has 0 bridgehead atoms. The Bertz CT molecular complexity index is 2640. The molecule has 1 N–H and O–H groups in total. The lowest BCUT2D eigenvalue weighted by atomic mass is 9.82. The highest BCUT2D eigenvalue weighted by atomic mass is 19.1. The van der Waals surface area contributed by atoms with Crippen LogP contribution in [0.2, 0.25) is 0 Å². The van der Waals surface area contributed by atoms with E-state index >= 15 is 0 Å². The molecule has 16 heteroatoms. The molecule has 4 aliphatic rings. The Hall–Kier alpha value is -6.29. The minimum absolute atomic E-state index is 0.185. The number of ether oxygens (including phenoxy) is 2. The summed E-state index contributed by atoms with van der Waals surface area (Å²) in [4.78, 5) is 50.2. The van der Waals surface area contributed by atoms with Crippen LogP contribution in [-0.2, 0) is 14.3 Å². The van der Waals surface area contributed by atoms with Gasteiger partial charge in [-0.15, -0.1) is 0 Å². The van der Waals surface area contributed by atoms with E-state index < -0.39 is 11.9 Å². The molecule has 0 spiro atoms. The Morgan fingerprint density at radius 1 is 0.629 bits per heavy atom. The number of hydrogen-bond donors (Lipinski definition) is 1. The number of esters is 2. The quantitative estimate of drug-likeness (QED) is 0.152. The summed E-state index contributed by atoms with van der Waals surface area (Å²) in [5, 5.41) is 21.6. The number of halogens is 2. The smallest absolute Gasteiger partial charge is 0.356 e. The van der Waals surface area contributed by atoms with Gasteiger partial charge in [0.05, 0.1) is 65.2 Å². The van der Waals surface area contributed by atoms with Gasteiger partial charge >= 0.3 is 11.9 Å². The Morgan fingerprint density at radius 3 is 1.40 bits per heavy atom. The second-order valence-corrected chi connectivity index (χ2v) is 16.5. The lowest BCUT2D eigenvalue weighted by molar-refractivity contribution is -0.119. The summed E-state index contributed by atoms with van der Waals surface area (Å²) in [7, 11) is 2.66.